The van der Waals surface area contributed by atoms with Crippen LogP contribution >= 0.6 is 0 Å². The molecular weight excluding hydrogens is 449 g/mol. The van der Waals surface area contributed by atoms with Crippen LogP contribution in [0.25, 0.3) is 0 Å². The molecule has 2 N–H and O–H groups in total. The normalized spacial score (nSPS) is 14.0. The molecule has 0 saturated carbocycles. The first-order chi connectivity index (χ1) is 16.3. The Morgan fingerprint density at radius 2 is 1.68 bits per heavy atom. The molecule has 0 radical (unpaired) electrons. The van der Waals surface area contributed by atoms with Gasteiger partial charge in [0.1, 0.15) is 17.4 Å². The number of carbonyl (C=O) groups excluding carboxylic acids is 1. The van der Waals surface area contributed by atoms with Crippen LogP contribution in [0.5, 0.6) is 5.75 Å². The second kappa shape index (κ2) is 9.86. The number of urea groups is 1. The van der Waals surface area contributed by atoms with Gasteiger partial charge in [-0.2, -0.15) is 13.2 Å². The van der Waals surface area contributed by atoms with Crippen molar-refractivity contribution in [3.8, 4) is 5.75 Å². The lowest BCUT2D eigenvalue weighted by Gasteiger charge is -2.36. The van der Waals surface area contributed by atoms with Gasteiger partial charge >= 0.3 is 12.2 Å². The Kier molecular flexibility index (Phi) is 6.71. The van der Waals surface area contributed by atoms with E-state index in [-0.39, 0.29) is 5.82 Å². The summed E-state index contributed by atoms with van der Waals surface area (Å²) in [6.07, 6.45) is -1.55. The zero-order chi connectivity index (χ0) is 24.1. The number of aromatic nitrogens is 2. The molecule has 1 aliphatic heterocycles. The average Bonchev–Trinajstić information content (AvgIpc) is 2.84. The molecule has 3 aromatic rings. The molecule has 8 nitrogen and oxygen atoms in total. The summed E-state index contributed by atoms with van der Waals surface area (Å²) in [5, 5.41) is 5.43. The van der Waals surface area contributed by atoms with Crippen LogP contribution in [0.4, 0.5) is 41.0 Å². The number of halogens is 3. The average molecular weight is 472 g/mol. The van der Waals surface area contributed by atoms with Gasteiger partial charge in [-0.15, -0.1) is 0 Å². The monoisotopic (exact) mass is 472 g/mol. The van der Waals surface area contributed by atoms with Crippen LogP contribution in [0.15, 0.2) is 60.9 Å². The van der Waals surface area contributed by atoms with Crippen LogP contribution in [-0.4, -0.2) is 49.3 Å². The molecule has 178 valence electrons. The Morgan fingerprint density at radius 3 is 2.35 bits per heavy atom. The standard InChI is InChI=1S/C23H23F3N6O2/c1-34-18-5-2-4-16(14-18)29-22(33)30-17-7-8-20(28-15-17)31-10-12-32(13-11-31)21-19(23(24,25)26)6-3-9-27-21/h2-9,14-15H,10-13H2,1H3,(H2,29,30,33). The Balaban J connectivity index is 1.33. The molecule has 1 aromatic carbocycles. The molecule has 11 heteroatoms. The highest BCUT2D eigenvalue weighted by Gasteiger charge is 2.36. The maximum atomic E-state index is 13.3. The van der Waals surface area contributed by atoms with Gasteiger partial charge < -0.3 is 25.2 Å². The van der Waals surface area contributed by atoms with E-state index in [9.17, 15) is 18.0 Å². The van der Waals surface area contributed by atoms with Crippen molar-refractivity contribution < 1.29 is 22.7 Å². The first-order valence-corrected chi connectivity index (χ1v) is 10.5. The zero-order valence-corrected chi connectivity index (χ0v) is 18.3. The van der Waals surface area contributed by atoms with E-state index >= 15 is 0 Å². The number of hydrogen-bond acceptors (Lipinski definition) is 6. The Bertz CT molecular complexity index is 1130. The van der Waals surface area contributed by atoms with Crippen molar-refractivity contribution in [2.24, 2.45) is 0 Å². The van der Waals surface area contributed by atoms with E-state index in [2.05, 4.69) is 20.6 Å². The predicted molar refractivity (Wildman–Crippen MR) is 124 cm³/mol. The van der Waals surface area contributed by atoms with Crippen molar-refractivity contribution in [2.75, 3.05) is 53.7 Å². The molecule has 0 atom stereocenters. The number of nitrogens with one attached hydrogen (secondary N) is 2. The second-order valence-corrected chi connectivity index (χ2v) is 7.56. The molecule has 0 spiro atoms. The van der Waals surface area contributed by atoms with Gasteiger partial charge in [0.2, 0.25) is 0 Å². The highest BCUT2D eigenvalue weighted by Crippen LogP contribution is 2.35. The molecule has 1 saturated heterocycles. The van der Waals surface area contributed by atoms with Gasteiger partial charge in [0.05, 0.1) is 24.6 Å². The lowest BCUT2D eigenvalue weighted by molar-refractivity contribution is -0.137. The zero-order valence-electron chi connectivity index (χ0n) is 18.3. The Labute approximate surface area is 194 Å². The summed E-state index contributed by atoms with van der Waals surface area (Å²) in [5.41, 5.74) is 0.358. The number of amides is 2. The van der Waals surface area contributed by atoms with E-state index in [1.165, 1.54) is 18.5 Å². The van der Waals surface area contributed by atoms with Gasteiger partial charge in [-0.1, -0.05) is 6.07 Å². The summed E-state index contributed by atoms with van der Waals surface area (Å²) in [4.78, 5) is 24.2. The molecule has 4 rings (SSSR count). The largest absolute Gasteiger partial charge is 0.497 e. The Hall–Kier alpha value is -4.02. The SMILES string of the molecule is COc1cccc(NC(=O)Nc2ccc(N3CCN(c4ncccc4C(F)(F)F)CC3)nc2)c1. The van der Waals surface area contributed by atoms with Crippen molar-refractivity contribution in [3.05, 3.63) is 66.5 Å². The van der Waals surface area contributed by atoms with E-state index in [0.717, 1.165) is 6.07 Å². The molecule has 0 bridgehead atoms. The third-order valence-electron chi connectivity index (χ3n) is 5.33. The van der Waals surface area contributed by atoms with E-state index in [0.29, 0.717) is 49.1 Å². The predicted octanol–water partition coefficient (Wildman–Crippen LogP) is 4.47. The summed E-state index contributed by atoms with van der Waals surface area (Å²) in [6.45, 7) is 1.74. The van der Waals surface area contributed by atoms with Crippen molar-refractivity contribution in [1.82, 2.24) is 9.97 Å². The highest BCUT2D eigenvalue weighted by atomic mass is 19.4. The number of hydrogen-bond donors (Lipinski definition) is 2. The van der Waals surface area contributed by atoms with Gasteiger partial charge in [0.25, 0.3) is 0 Å². The highest BCUT2D eigenvalue weighted by molar-refractivity contribution is 5.99. The van der Waals surface area contributed by atoms with Crippen LogP contribution in [-0.2, 0) is 6.18 Å². The second-order valence-electron chi connectivity index (χ2n) is 7.56. The van der Waals surface area contributed by atoms with Gasteiger partial charge in [-0.3, -0.25) is 0 Å². The molecule has 1 aliphatic rings. The third kappa shape index (κ3) is 5.48. The summed E-state index contributed by atoms with van der Waals surface area (Å²) in [5.74, 6) is 1.25. The molecule has 1 fully saturated rings. The van der Waals surface area contributed by atoms with Crippen molar-refractivity contribution in [2.45, 2.75) is 6.18 Å². The van der Waals surface area contributed by atoms with Gasteiger partial charge in [-0.25, -0.2) is 14.8 Å². The first kappa shape index (κ1) is 23.1. The van der Waals surface area contributed by atoms with Crippen LogP contribution in [0.3, 0.4) is 0 Å². The van der Waals surface area contributed by atoms with Crippen LogP contribution in [0.1, 0.15) is 5.56 Å². The third-order valence-corrected chi connectivity index (χ3v) is 5.33. The molecule has 2 aromatic heterocycles. The molecule has 2 amide bonds. The molecule has 0 unspecified atom stereocenters. The van der Waals surface area contributed by atoms with Crippen LogP contribution in [0, 0.1) is 0 Å². The minimum absolute atomic E-state index is 0.0517. The van der Waals surface area contributed by atoms with E-state index in [1.807, 2.05) is 4.90 Å². The van der Waals surface area contributed by atoms with E-state index in [1.54, 1.807) is 48.4 Å². The first-order valence-electron chi connectivity index (χ1n) is 10.5. The smallest absolute Gasteiger partial charge is 0.419 e. The summed E-state index contributed by atoms with van der Waals surface area (Å²) >= 11 is 0. The number of ether oxygens (including phenoxy) is 1. The number of carbonyl (C=O) groups is 1. The lowest BCUT2D eigenvalue weighted by atomic mass is 10.2. The van der Waals surface area contributed by atoms with Gasteiger partial charge in [-0.05, 0) is 36.4 Å². The lowest BCUT2D eigenvalue weighted by Crippen LogP contribution is -2.47. The number of anilines is 4. The fourth-order valence-electron chi connectivity index (χ4n) is 3.66. The molecule has 34 heavy (non-hydrogen) atoms. The number of rotatable bonds is 5. The van der Waals surface area contributed by atoms with Crippen molar-refractivity contribution in [3.63, 3.8) is 0 Å². The summed E-state index contributed by atoms with van der Waals surface area (Å²) < 4.78 is 45.0. The van der Waals surface area contributed by atoms with E-state index in [4.69, 9.17) is 4.74 Å². The minimum Gasteiger partial charge on any atom is -0.497 e. The topological polar surface area (TPSA) is 82.6 Å². The number of pyridine rings is 2. The molecule has 3 heterocycles. The van der Waals surface area contributed by atoms with Crippen LogP contribution < -0.4 is 25.2 Å². The van der Waals surface area contributed by atoms with Gasteiger partial charge in [0.15, 0.2) is 0 Å². The molecular formula is C23H23F3N6O2. The Morgan fingerprint density at radius 1 is 0.941 bits per heavy atom. The molecule has 0 aliphatic carbocycles. The van der Waals surface area contributed by atoms with E-state index < -0.39 is 17.8 Å². The summed E-state index contributed by atoms with van der Waals surface area (Å²) in [6, 6.07) is 12.4. The maximum absolute atomic E-state index is 13.3. The maximum Gasteiger partial charge on any atom is 0.419 e. The minimum atomic E-state index is -4.45. The fourth-order valence-corrected chi connectivity index (χ4v) is 3.66. The van der Waals surface area contributed by atoms with Crippen molar-refractivity contribution >= 4 is 29.0 Å². The number of piperazine rings is 1. The quantitative estimate of drug-likeness (QED) is 0.570. The number of nitrogens with zero attached hydrogens (tertiary/aromatic N) is 4. The van der Waals surface area contributed by atoms with Gasteiger partial charge in [0, 0.05) is 44.1 Å². The van der Waals surface area contributed by atoms with Crippen molar-refractivity contribution in [1.29, 1.82) is 0 Å². The van der Waals surface area contributed by atoms with Crippen LogP contribution in [0.2, 0.25) is 0 Å². The number of methoxy groups -OCH3 is 1. The number of alkyl halides is 3. The fraction of sp³-hybridized carbons (Fsp3) is 0.261. The summed E-state index contributed by atoms with van der Waals surface area (Å²) in [7, 11) is 1.55. The number of benzene rings is 1.